The van der Waals surface area contributed by atoms with Crippen LogP contribution >= 0.6 is 12.2 Å². The van der Waals surface area contributed by atoms with Crippen molar-refractivity contribution in [1.29, 1.82) is 0 Å². The number of anilines is 1. The monoisotopic (exact) mass is 294 g/mol. The molecule has 0 aliphatic carbocycles. The second-order valence-electron chi connectivity index (χ2n) is 4.17. The molecule has 20 heavy (non-hydrogen) atoms. The van der Waals surface area contributed by atoms with Crippen molar-refractivity contribution >= 4 is 23.2 Å². The van der Waals surface area contributed by atoms with Gasteiger partial charge in [-0.3, -0.25) is 0 Å². The summed E-state index contributed by atoms with van der Waals surface area (Å²) >= 11 is 4.85. The molecule has 0 radical (unpaired) electrons. The normalized spacial score (nSPS) is 10.3. The van der Waals surface area contributed by atoms with E-state index in [-0.39, 0.29) is 17.5 Å². The molecule has 0 amide bonds. The van der Waals surface area contributed by atoms with Crippen LogP contribution in [0.15, 0.2) is 24.3 Å². The second-order valence-corrected chi connectivity index (χ2v) is 4.61. The Morgan fingerprint density at radius 2 is 2.05 bits per heavy atom. The van der Waals surface area contributed by atoms with Crippen molar-refractivity contribution in [2.45, 2.75) is 13.5 Å². The number of aromatic nitrogens is 2. The highest BCUT2D eigenvalue weighted by molar-refractivity contribution is 7.80. The Kier molecular flexibility index (Phi) is 4.19. The van der Waals surface area contributed by atoms with Gasteiger partial charge in [0, 0.05) is 23.9 Å². The molecule has 0 aliphatic rings. The van der Waals surface area contributed by atoms with Crippen molar-refractivity contribution in [3.8, 4) is 0 Å². The molecular formula is C13H12F2N4S. The van der Waals surface area contributed by atoms with E-state index in [2.05, 4.69) is 15.3 Å². The third-order valence-electron chi connectivity index (χ3n) is 2.56. The standard InChI is InChI=1S/C13H12F2N4S/c1-7-4-11(12(16)20)19-13(18-7)17-6-8-2-3-9(14)5-10(8)15/h2-5H,6H2,1H3,(H2,16,20)(H,17,18,19). The van der Waals surface area contributed by atoms with Gasteiger partial charge < -0.3 is 11.1 Å². The molecule has 1 heterocycles. The fraction of sp³-hybridized carbons (Fsp3) is 0.154. The molecule has 1 aromatic heterocycles. The Bertz CT molecular complexity index is 661. The molecule has 0 saturated carbocycles. The average molecular weight is 294 g/mol. The van der Waals surface area contributed by atoms with Crippen LogP contribution in [0.25, 0.3) is 0 Å². The van der Waals surface area contributed by atoms with Crippen LogP contribution in [0, 0.1) is 18.6 Å². The van der Waals surface area contributed by atoms with Crippen molar-refractivity contribution in [2.24, 2.45) is 5.73 Å². The number of nitrogens with one attached hydrogen (secondary N) is 1. The first kappa shape index (κ1) is 14.3. The van der Waals surface area contributed by atoms with Gasteiger partial charge in [-0.25, -0.2) is 18.7 Å². The predicted octanol–water partition coefficient (Wildman–Crippen LogP) is 2.31. The Balaban J connectivity index is 2.16. The molecule has 0 saturated heterocycles. The van der Waals surface area contributed by atoms with Crippen molar-refractivity contribution < 1.29 is 8.78 Å². The van der Waals surface area contributed by atoms with Crippen LogP contribution < -0.4 is 11.1 Å². The number of benzene rings is 1. The minimum Gasteiger partial charge on any atom is -0.388 e. The van der Waals surface area contributed by atoms with Crippen molar-refractivity contribution in [3.05, 3.63) is 52.9 Å². The van der Waals surface area contributed by atoms with Crippen molar-refractivity contribution in [1.82, 2.24) is 9.97 Å². The summed E-state index contributed by atoms with van der Waals surface area (Å²) in [6, 6.07) is 5.04. The van der Waals surface area contributed by atoms with Gasteiger partial charge in [-0.05, 0) is 19.1 Å². The minimum atomic E-state index is -0.625. The van der Waals surface area contributed by atoms with Gasteiger partial charge in [0.05, 0.1) is 0 Å². The van der Waals surface area contributed by atoms with Gasteiger partial charge in [0.1, 0.15) is 22.3 Å². The predicted molar refractivity (Wildman–Crippen MR) is 76.3 cm³/mol. The van der Waals surface area contributed by atoms with Crippen LogP contribution in [0.3, 0.4) is 0 Å². The van der Waals surface area contributed by atoms with E-state index in [0.717, 1.165) is 6.07 Å². The molecule has 1 aromatic carbocycles. The fourth-order valence-corrected chi connectivity index (χ4v) is 1.72. The molecule has 0 spiro atoms. The molecule has 0 fully saturated rings. The van der Waals surface area contributed by atoms with E-state index in [9.17, 15) is 8.78 Å². The highest BCUT2D eigenvalue weighted by Crippen LogP contribution is 2.12. The van der Waals surface area contributed by atoms with Crippen LogP contribution in [-0.4, -0.2) is 15.0 Å². The molecule has 2 aromatic rings. The molecule has 3 N–H and O–H groups in total. The lowest BCUT2D eigenvalue weighted by Crippen LogP contribution is -2.15. The van der Waals surface area contributed by atoms with Crippen LogP contribution in [-0.2, 0) is 6.54 Å². The first-order valence-corrected chi connectivity index (χ1v) is 6.20. The number of nitrogens with zero attached hydrogens (tertiary/aromatic N) is 2. The van der Waals surface area contributed by atoms with Crippen LogP contribution in [0.4, 0.5) is 14.7 Å². The molecular weight excluding hydrogens is 282 g/mol. The summed E-state index contributed by atoms with van der Waals surface area (Å²) in [7, 11) is 0. The van der Waals surface area contributed by atoms with Crippen molar-refractivity contribution in [2.75, 3.05) is 5.32 Å². The van der Waals surface area contributed by atoms with Gasteiger partial charge in [0.2, 0.25) is 5.95 Å². The Morgan fingerprint density at radius 1 is 1.30 bits per heavy atom. The van der Waals surface area contributed by atoms with Crippen LogP contribution in [0.2, 0.25) is 0 Å². The summed E-state index contributed by atoms with van der Waals surface area (Å²) in [5, 5.41) is 2.86. The van der Waals surface area contributed by atoms with Crippen LogP contribution in [0.5, 0.6) is 0 Å². The largest absolute Gasteiger partial charge is 0.388 e. The summed E-state index contributed by atoms with van der Waals surface area (Å²) < 4.78 is 26.3. The van der Waals surface area contributed by atoms with Gasteiger partial charge in [-0.15, -0.1) is 0 Å². The van der Waals surface area contributed by atoms with E-state index in [1.807, 2.05) is 0 Å². The summed E-state index contributed by atoms with van der Waals surface area (Å²) in [6.45, 7) is 1.90. The molecule has 0 unspecified atom stereocenters. The van der Waals surface area contributed by atoms with Crippen molar-refractivity contribution in [3.63, 3.8) is 0 Å². The molecule has 4 nitrogen and oxygen atoms in total. The topological polar surface area (TPSA) is 63.8 Å². The maximum Gasteiger partial charge on any atom is 0.223 e. The lowest BCUT2D eigenvalue weighted by molar-refractivity contribution is 0.574. The van der Waals surface area contributed by atoms with E-state index in [0.29, 0.717) is 17.0 Å². The van der Waals surface area contributed by atoms with Gasteiger partial charge >= 0.3 is 0 Å². The first-order valence-electron chi connectivity index (χ1n) is 5.79. The number of nitrogens with two attached hydrogens (primary N) is 1. The Hall–Kier alpha value is -2.15. The summed E-state index contributed by atoms with van der Waals surface area (Å²) in [5.74, 6) is -0.954. The first-order chi connectivity index (χ1) is 9.45. The van der Waals surface area contributed by atoms with Crippen LogP contribution in [0.1, 0.15) is 17.0 Å². The van der Waals surface area contributed by atoms with Gasteiger partial charge in [-0.2, -0.15) is 0 Å². The number of rotatable bonds is 4. The highest BCUT2D eigenvalue weighted by atomic mass is 32.1. The number of thiocarbonyl (C=S) groups is 1. The summed E-state index contributed by atoms with van der Waals surface area (Å²) in [5.41, 5.74) is 6.95. The van der Waals surface area contributed by atoms with Gasteiger partial charge in [0.15, 0.2) is 0 Å². The second kappa shape index (κ2) is 5.87. The average Bonchev–Trinajstić information content (AvgIpc) is 2.37. The zero-order valence-corrected chi connectivity index (χ0v) is 11.5. The van der Waals surface area contributed by atoms with E-state index in [1.54, 1.807) is 13.0 Å². The SMILES string of the molecule is Cc1cc(C(N)=S)nc(NCc2ccc(F)cc2F)n1. The Morgan fingerprint density at radius 3 is 2.70 bits per heavy atom. The lowest BCUT2D eigenvalue weighted by atomic mass is 10.2. The molecule has 7 heteroatoms. The lowest BCUT2D eigenvalue weighted by Gasteiger charge is -2.08. The zero-order valence-electron chi connectivity index (χ0n) is 10.7. The molecule has 0 aliphatic heterocycles. The van der Waals surface area contributed by atoms with E-state index < -0.39 is 11.6 Å². The summed E-state index contributed by atoms with van der Waals surface area (Å²) in [4.78, 5) is 8.41. The number of aryl methyl sites for hydroxylation is 1. The van der Waals surface area contributed by atoms with Gasteiger partial charge in [0.25, 0.3) is 0 Å². The number of hydrogen-bond donors (Lipinski definition) is 2. The minimum absolute atomic E-state index is 0.131. The van der Waals surface area contributed by atoms with Gasteiger partial charge in [-0.1, -0.05) is 18.3 Å². The third kappa shape index (κ3) is 3.45. The highest BCUT2D eigenvalue weighted by Gasteiger charge is 2.07. The number of hydrogen-bond acceptors (Lipinski definition) is 4. The fourth-order valence-electron chi connectivity index (χ4n) is 1.61. The molecule has 0 atom stereocenters. The van der Waals surface area contributed by atoms with E-state index in [1.165, 1.54) is 12.1 Å². The molecule has 104 valence electrons. The quantitative estimate of drug-likeness (QED) is 0.847. The zero-order chi connectivity index (χ0) is 14.7. The Labute approximate surface area is 120 Å². The smallest absolute Gasteiger partial charge is 0.223 e. The molecule has 2 rings (SSSR count). The third-order valence-corrected chi connectivity index (χ3v) is 2.77. The molecule has 0 bridgehead atoms. The maximum absolute atomic E-state index is 13.5. The maximum atomic E-state index is 13.5. The van der Waals surface area contributed by atoms with E-state index >= 15 is 0 Å². The van der Waals surface area contributed by atoms with E-state index in [4.69, 9.17) is 18.0 Å². The summed E-state index contributed by atoms with van der Waals surface area (Å²) in [6.07, 6.45) is 0. The number of halogens is 2.